The fraction of sp³-hybridized carbons (Fsp3) is 0. The van der Waals surface area contributed by atoms with E-state index in [0.717, 1.165) is 18.2 Å². The highest BCUT2D eigenvalue weighted by molar-refractivity contribution is 5.93. The molecular formula is C7H6ClF2NO. The van der Waals surface area contributed by atoms with E-state index >= 15 is 0 Å². The lowest BCUT2D eigenvalue weighted by molar-refractivity contribution is 0.0992. The van der Waals surface area contributed by atoms with Crippen LogP contribution in [0.25, 0.3) is 0 Å². The van der Waals surface area contributed by atoms with Crippen LogP contribution in [0.5, 0.6) is 0 Å². The fourth-order valence-electron chi connectivity index (χ4n) is 0.733. The van der Waals surface area contributed by atoms with Gasteiger partial charge in [0.25, 0.3) is 5.91 Å². The minimum atomic E-state index is -1.10. The van der Waals surface area contributed by atoms with Gasteiger partial charge in [0.1, 0.15) is 17.2 Å². The van der Waals surface area contributed by atoms with E-state index in [4.69, 9.17) is 5.73 Å². The van der Waals surface area contributed by atoms with Crippen LogP contribution in [-0.2, 0) is 0 Å². The number of rotatable bonds is 1. The highest BCUT2D eigenvalue weighted by atomic mass is 35.5. The van der Waals surface area contributed by atoms with Gasteiger partial charge in [-0.05, 0) is 12.1 Å². The van der Waals surface area contributed by atoms with Crippen molar-refractivity contribution >= 4 is 18.3 Å². The lowest BCUT2D eigenvalue weighted by Gasteiger charge is -1.97. The zero-order chi connectivity index (χ0) is 8.43. The van der Waals surface area contributed by atoms with Gasteiger partial charge in [-0.2, -0.15) is 0 Å². The molecule has 0 atom stereocenters. The number of primary amides is 1. The second-order valence-electron chi connectivity index (χ2n) is 1.96. The van der Waals surface area contributed by atoms with Gasteiger partial charge in [0.15, 0.2) is 0 Å². The predicted octanol–water partition coefficient (Wildman–Crippen LogP) is 1.49. The van der Waals surface area contributed by atoms with Crippen molar-refractivity contribution in [1.82, 2.24) is 0 Å². The van der Waals surface area contributed by atoms with Crippen LogP contribution in [0.2, 0.25) is 0 Å². The lowest BCUT2D eigenvalue weighted by Crippen LogP contribution is -2.15. The van der Waals surface area contributed by atoms with Crippen molar-refractivity contribution in [3.8, 4) is 0 Å². The van der Waals surface area contributed by atoms with Crippen LogP contribution in [0.15, 0.2) is 18.2 Å². The van der Waals surface area contributed by atoms with Crippen molar-refractivity contribution in [3.63, 3.8) is 0 Å². The molecule has 0 bridgehead atoms. The molecule has 66 valence electrons. The summed E-state index contributed by atoms with van der Waals surface area (Å²) in [7, 11) is 0. The van der Waals surface area contributed by atoms with Crippen molar-refractivity contribution in [3.05, 3.63) is 35.4 Å². The molecule has 0 aromatic heterocycles. The molecule has 0 radical (unpaired) electrons. The molecule has 0 aliphatic heterocycles. The Morgan fingerprint density at radius 2 is 1.67 bits per heavy atom. The summed E-state index contributed by atoms with van der Waals surface area (Å²) < 4.78 is 25.1. The molecule has 0 spiro atoms. The quantitative estimate of drug-likeness (QED) is 0.722. The normalized spacial score (nSPS) is 8.83. The zero-order valence-electron chi connectivity index (χ0n) is 5.88. The zero-order valence-corrected chi connectivity index (χ0v) is 6.70. The number of carbonyl (C=O) groups excluding carboxylic acids is 1. The first kappa shape index (κ1) is 10.8. The summed E-state index contributed by atoms with van der Waals surface area (Å²) in [5.74, 6) is -2.96. The van der Waals surface area contributed by atoms with Crippen LogP contribution >= 0.6 is 12.4 Å². The van der Waals surface area contributed by atoms with Gasteiger partial charge < -0.3 is 5.73 Å². The Labute approximate surface area is 73.8 Å². The minimum absolute atomic E-state index is 0. The maximum Gasteiger partial charge on any atom is 0.254 e. The Hall–Kier alpha value is -1.16. The van der Waals surface area contributed by atoms with E-state index < -0.39 is 23.1 Å². The van der Waals surface area contributed by atoms with Crippen molar-refractivity contribution in [2.24, 2.45) is 5.73 Å². The smallest absolute Gasteiger partial charge is 0.254 e. The van der Waals surface area contributed by atoms with E-state index in [0.29, 0.717) is 0 Å². The van der Waals surface area contributed by atoms with Crippen molar-refractivity contribution < 1.29 is 13.6 Å². The average Bonchev–Trinajstić information content (AvgIpc) is 1.85. The molecule has 1 rings (SSSR count). The van der Waals surface area contributed by atoms with E-state index in [-0.39, 0.29) is 12.4 Å². The topological polar surface area (TPSA) is 43.1 Å². The molecule has 1 aromatic carbocycles. The van der Waals surface area contributed by atoms with Gasteiger partial charge in [-0.1, -0.05) is 6.07 Å². The van der Waals surface area contributed by atoms with Crippen LogP contribution in [0.4, 0.5) is 8.78 Å². The number of benzene rings is 1. The molecule has 0 saturated heterocycles. The van der Waals surface area contributed by atoms with Gasteiger partial charge >= 0.3 is 0 Å². The summed E-state index contributed by atoms with van der Waals surface area (Å²) in [4.78, 5) is 10.4. The second-order valence-corrected chi connectivity index (χ2v) is 1.96. The molecule has 12 heavy (non-hydrogen) atoms. The van der Waals surface area contributed by atoms with Crippen LogP contribution in [0.3, 0.4) is 0 Å². The van der Waals surface area contributed by atoms with Gasteiger partial charge in [-0.15, -0.1) is 12.4 Å². The molecule has 2 nitrogen and oxygen atoms in total. The van der Waals surface area contributed by atoms with Crippen LogP contribution in [-0.4, -0.2) is 5.91 Å². The monoisotopic (exact) mass is 193 g/mol. The lowest BCUT2D eigenvalue weighted by atomic mass is 10.2. The number of hydrogen-bond acceptors (Lipinski definition) is 1. The third kappa shape index (κ3) is 1.92. The van der Waals surface area contributed by atoms with Gasteiger partial charge in [0.2, 0.25) is 0 Å². The first-order chi connectivity index (χ1) is 5.13. The molecule has 2 N–H and O–H groups in total. The molecule has 0 saturated carbocycles. The first-order valence-electron chi connectivity index (χ1n) is 2.86. The fourth-order valence-corrected chi connectivity index (χ4v) is 0.733. The highest BCUT2D eigenvalue weighted by Gasteiger charge is 2.12. The van der Waals surface area contributed by atoms with Crippen LogP contribution < -0.4 is 5.73 Å². The predicted molar refractivity (Wildman–Crippen MR) is 42.1 cm³/mol. The summed E-state index contributed by atoms with van der Waals surface area (Å²) in [6.07, 6.45) is 0. The Kier molecular flexibility index (Phi) is 3.63. The number of nitrogens with two attached hydrogens (primary N) is 1. The number of amides is 1. The largest absolute Gasteiger partial charge is 0.365 e. The van der Waals surface area contributed by atoms with Gasteiger partial charge in [0, 0.05) is 0 Å². The van der Waals surface area contributed by atoms with E-state index in [1.165, 1.54) is 0 Å². The second kappa shape index (κ2) is 4.01. The van der Waals surface area contributed by atoms with Crippen LogP contribution in [0.1, 0.15) is 10.4 Å². The Bertz CT molecular complexity index is 283. The number of carbonyl (C=O) groups is 1. The SMILES string of the molecule is Cl.NC(=O)c1c(F)cccc1F. The minimum Gasteiger partial charge on any atom is -0.365 e. The molecule has 0 fully saturated rings. The maximum absolute atomic E-state index is 12.6. The Balaban J connectivity index is 0.00000121. The van der Waals surface area contributed by atoms with Gasteiger partial charge in [-0.3, -0.25) is 4.79 Å². The molecular weight excluding hydrogens is 188 g/mol. The van der Waals surface area contributed by atoms with E-state index in [2.05, 4.69) is 0 Å². The highest BCUT2D eigenvalue weighted by Crippen LogP contribution is 2.10. The molecule has 0 aliphatic carbocycles. The molecule has 0 heterocycles. The third-order valence-electron chi connectivity index (χ3n) is 1.21. The van der Waals surface area contributed by atoms with Crippen molar-refractivity contribution in [2.45, 2.75) is 0 Å². The average molecular weight is 194 g/mol. The van der Waals surface area contributed by atoms with Gasteiger partial charge in [-0.25, -0.2) is 8.78 Å². The Morgan fingerprint density at radius 1 is 1.25 bits per heavy atom. The summed E-state index contributed by atoms with van der Waals surface area (Å²) >= 11 is 0. The molecule has 1 aromatic rings. The van der Waals surface area contributed by atoms with Crippen molar-refractivity contribution in [2.75, 3.05) is 0 Å². The molecule has 1 amide bonds. The number of hydrogen-bond donors (Lipinski definition) is 1. The summed E-state index contributed by atoms with van der Waals surface area (Å²) in [6.45, 7) is 0. The van der Waals surface area contributed by atoms with Gasteiger partial charge in [0.05, 0.1) is 0 Å². The molecule has 0 aliphatic rings. The maximum atomic E-state index is 12.6. The third-order valence-corrected chi connectivity index (χ3v) is 1.21. The standard InChI is InChI=1S/C7H5F2NO.ClH/c8-4-2-1-3-5(9)6(4)7(10)11;/h1-3H,(H2,10,11);1H. The summed E-state index contributed by atoms with van der Waals surface area (Å²) in [5.41, 5.74) is 4.01. The van der Waals surface area contributed by atoms with Crippen LogP contribution in [0, 0.1) is 11.6 Å². The Morgan fingerprint density at radius 3 is 1.92 bits per heavy atom. The summed E-state index contributed by atoms with van der Waals surface area (Å²) in [6, 6.07) is 3.11. The molecule has 5 heteroatoms. The summed E-state index contributed by atoms with van der Waals surface area (Å²) in [5, 5.41) is 0. The van der Waals surface area contributed by atoms with E-state index in [1.807, 2.05) is 0 Å². The first-order valence-corrected chi connectivity index (χ1v) is 2.86. The van der Waals surface area contributed by atoms with E-state index in [9.17, 15) is 13.6 Å². The van der Waals surface area contributed by atoms with E-state index in [1.54, 1.807) is 0 Å². The molecule has 0 unspecified atom stereocenters. The number of halogens is 3. The van der Waals surface area contributed by atoms with Crippen molar-refractivity contribution in [1.29, 1.82) is 0 Å².